The highest BCUT2D eigenvalue weighted by Crippen LogP contribution is 2.24. The molecule has 2 rings (SSSR count). The lowest BCUT2D eigenvalue weighted by Crippen LogP contribution is -2.15. The first-order chi connectivity index (χ1) is 7.63. The second-order valence-corrected chi connectivity index (χ2v) is 4.72. The van der Waals surface area contributed by atoms with Crippen molar-refractivity contribution < 1.29 is 4.79 Å². The van der Waals surface area contributed by atoms with E-state index in [-0.39, 0.29) is 5.78 Å². The largest absolute Gasteiger partial charge is 0.359 e. The summed E-state index contributed by atoms with van der Waals surface area (Å²) in [5.41, 5.74) is 1.91. The fourth-order valence-corrected chi connectivity index (χ4v) is 2.13. The molecule has 1 aliphatic rings. The predicted octanol–water partition coefficient (Wildman–Crippen LogP) is 3.63. The maximum absolute atomic E-state index is 11.4. The summed E-state index contributed by atoms with van der Waals surface area (Å²) < 4.78 is 0. The summed E-state index contributed by atoms with van der Waals surface area (Å²) in [7, 11) is 0. The van der Waals surface area contributed by atoms with E-state index in [0.717, 1.165) is 17.8 Å². The average Bonchev–Trinajstić information content (AvgIpc) is 2.15. The lowest BCUT2D eigenvalue weighted by molar-refractivity contribution is -0.115. The molecule has 0 radical (unpaired) electrons. The Bertz CT molecular complexity index is 439. The van der Waals surface area contributed by atoms with E-state index >= 15 is 0 Å². The van der Waals surface area contributed by atoms with Crippen LogP contribution in [0.15, 0.2) is 36.0 Å². The number of benzene rings is 1. The van der Waals surface area contributed by atoms with Crippen molar-refractivity contribution in [3.63, 3.8) is 0 Å². The van der Waals surface area contributed by atoms with Crippen LogP contribution in [-0.4, -0.2) is 5.78 Å². The van der Waals surface area contributed by atoms with Crippen LogP contribution in [0.2, 0.25) is 5.02 Å². The van der Waals surface area contributed by atoms with Gasteiger partial charge in [0, 0.05) is 28.9 Å². The van der Waals surface area contributed by atoms with Crippen molar-refractivity contribution in [3.8, 4) is 0 Å². The molecule has 84 valence electrons. The van der Waals surface area contributed by atoms with Gasteiger partial charge in [0.05, 0.1) is 0 Å². The highest BCUT2D eigenvalue weighted by atomic mass is 35.5. The Morgan fingerprint density at radius 1 is 1.38 bits per heavy atom. The minimum atomic E-state index is 0.197. The molecule has 16 heavy (non-hydrogen) atoms. The summed E-state index contributed by atoms with van der Waals surface area (Å²) >= 11 is 5.89. The van der Waals surface area contributed by atoms with Crippen LogP contribution in [0.25, 0.3) is 0 Å². The van der Waals surface area contributed by atoms with Crippen molar-refractivity contribution in [1.29, 1.82) is 0 Å². The SMILES string of the molecule is CC1CC(=O)C=C(Nc2cccc(Cl)c2)C1. The minimum Gasteiger partial charge on any atom is -0.359 e. The van der Waals surface area contributed by atoms with Crippen LogP contribution >= 0.6 is 11.6 Å². The standard InChI is InChI=1S/C13H14ClNO/c1-9-5-12(8-13(16)6-9)15-11-4-2-3-10(14)7-11/h2-4,7-9,15H,5-6H2,1H3. The Balaban J connectivity index is 2.13. The molecule has 1 N–H and O–H groups in total. The highest BCUT2D eigenvalue weighted by molar-refractivity contribution is 6.30. The molecule has 3 heteroatoms. The van der Waals surface area contributed by atoms with E-state index in [4.69, 9.17) is 11.6 Å². The number of carbonyl (C=O) groups is 1. The fourth-order valence-electron chi connectivity index (χ4n) is 1.94. The van der Waals surface area contributed by atoms with Crippen molar-refractivity contribution in [2.75, 3.05) is 5.32 Å². The lowest BCUT2D eigenvalue weighted by atomic mass is 9.93. The summed E-state index contributed by atoms with van der Waals surface area (Å²) in [4.78, 5) is 11.4. The number of anilines is 1. The van der Waals surface area contributed by atoms with Crippen molar-refractivity contribution in [3.05, 3.63) is 41.1 Å². The summed E-state index contributed by atoms with van der Waals surface area (Å²) in [5, 5.41) is 3.93. The van der Waals surface area contributed by atoms with Gasteiger partial charge >= 0.3 is 0 Å². The molecule has 0 amide bonds. The molecule has 1 aliphatic carbocycles. The molecule has 0 saturated heterocycles. The zero-order valence-corrected chi connectivity index (χ0v) is 9.92. The number of allylic oxidation sites excluding steroid dienone is 2. The third-order valence-corrected chi connectivity index (χ3v) is 2.82. The zero-order chi connectivity index (χ0) is 11.5. The van der Waals surface area contributed by atoms with Crippen LogP contribution in [0.1, 0.15) is 19.8 Å². The third kappa shape index (κ3) is 2.86. The molecule has 1 aromatic carbocycles. The second kappa shape index (κ2) is 4.71. The molecule has 0 aromatic heterocycles. The first kappa shape index (κ1) is 11.2. The fraction of sp³-hybridized carbons (Fsp3) is 0.308. The summed E-state index contributed by atoms with van der Waals surface area (Å²) in [5.74, 6) is 0.613. The number of rotatable bonds is 2. The Morgan fingerprint density at radius 3 is 2.88 bits per heavy atom. The third-order valence-electron chi connectivity index (χ3n) is 2.58. The molecule has 0 aliphatic heterocycles. The van der Waals surface area contributed by atoms with Gasteiger partial charge in [-0.25, -0.2) is 0 Å². The molecule has 2 nitrogen and oxygen atoms in total. The smallest absolute Gasteiger partial charge is 0.157 e. The van der Waals surface area contributed by atoms with Gasteiger partial charge < -0.3 is 5.32 Å². The van der Waals surface area contributed by atoms with E-state index in [1.165, 1.54) is 0 Å². The number of carbonyl (C=O) groups excluding carboxylic acids is 1. The molecular weight excluding hydrogens is 222 g/mol. The summed E-state index contributed by atoms with van der Waals surface area (Å²) in [6.45, 7) is 2.09. The van der Waals surface area contributed by atoms with Crippen molar-refractivity contribution >= 4 is 23.1 Å². The Kier molecular flexibility index (Phi) is 3.30. The Hall–Kier alpha value is -1.28. The first-order valence-corrected chi connectivity index (χ1v) is 5.77. The molecule has 0 fully saturated rings. The topological polar surface area (TPSA) is 29.1 Å². The van der Waals surface area contributed by atoms with Gasteiger partial charge in [-0.1, -0.05) is 24.6 Å². The van der Waals surface area contributed by atoms with Gasteiger partial charge in [0.25, 0.3) is 0 Å². The van der Waals surface area contributed by atoms with Crippen LogP contribution in [0.4, 0.5) is 5.69 Å². The number of hydrogen-bond donors (Lipinski definition) is 1. The van der Waals surface area contributed by atoms with Crippen molar-refractivity contribution in [1.82, 2.24) is 0 Å². The lowest BCUT2D eigenvalue weighted by Gasteiger charge is -2.19. The number of nitrogens with one attached hydrogen (secondary N) is 1. The van der Waals surface area contributed by atoms with Gasteiger partial charge in [-0.05, 0) is 30.5 Å². The van der Waals surface area contributed by atoms with Crippen LogP contribution in [0, 0.1) is 5.92 Å². The van der Waals surface area contributed by atoms with E-state index < -0.39 is 0 Å². The number of halogens is 1. The van der Waals surface area contributed by atoms with Gasteiger partial charge in [-0.3, -0.25) is 4.79 Å². The monoisotopic (exact) mass is 235 g/mol. The van der Waals surface area contributed by atoms with Crippen LogP contribution in [0.5, 0.6) is 0 Å². The van der Waals surface area contributed by atoms with Crippen molar-refractivity contribution in [2.24, 2.45) is 5.92 Å². The first-order valence-electron chi connectivity index (χ1n) is 5.39. The van der Waals surface area contributed by atoms with Gasteiger partial charge in [0.2, 0.25) is 0 Å². The molecule has 1 aromatic rings. The minimum absolute atomic E-state index is 0.197. The second-order valence-electron chi connectivity index (χ2n) is 4.28. The average molecular weight is 236 g/mol. The molecule has 0 spiro atoms. The van der Waals surface area contributed by atoms with E-state index in [1.54, 1.807) is 6.08 Å². The van der Waals surface area contributed by atoms with E-state index in [0.29, 0.717) is 17.4 Å². The molecule has 0 saturated carbocycles. The predicted molar refractivity (Wildman–Crippen MR) is 66.6 cm³/mol. The Labute approximate surface area is 100 Å². The molecular formula is C13H14ClNO. The highest BCUT2D eigenvalue weighted by Gasteiger charge is 2.16. The number of ketones is 1. The maximum Gasteiger partial charge on any atom is 0.157 e. The van der Waals surface area contributed by atoms with E-state index in [9.17, 15) is 4.79 Å². The molecule has 0 heterocycles. The van der Waals surface area contributed by atoms with Gasteiger partial charge in [0.15, 0.2) is 5.78 Å². The zero-order valence-electron chi connectivity index (χ0n) is 9.16. The van der Waals surface area contributed by atoms with Crippen LogP contribution in [0.3, 0.4) is 0 Å². The number of hydrogen-bond acceptors (Lipinski definition) is 2. The Morgan fingerprint density at radius 2 is 2.19 bits per heavy atom. The van der Waals surface area contributed by atoms with Gasteiger partial charge in [0.1, 0.15) is 0 Å². The summed E-state index contributed by atoms with van der Waals surface area (Å²) in [6, 6.07) is 7.51. The maximum atomic E-state index is 11.4. The normalized spacial score (nSPS) is 20.5. The van der Waals surface area contributed by atoms with Crippen LogP contribution < -0.4 is 5.32 Å². The van der Waals surface area contributed by atoms with Crippen molar-refractivity contribution in [2.45, 2.75) is 19.8 Å². The van der Waals surface area contributed by atoms with Gasteiger partial charge in [-0.15, -0.1) is 0 Å². The summed E-state index contributed by atoms with van der Waals surface area (Å²) in [6.07, 6.45) is 3.26. The van der Waals surface area contributed by atoms with E-state index in [1.807, 2.05) is 24.3 Å². The van der Waals surface area contributed by atoms with Crippen LogP contribution in [-0.2, 0) is 4.79 Å². The van der Waals surface area contributed by atoms with E-state index in [2.05, 4.69) is 12.2 Å². The quantitative estimate of drug-likeness (QED) is 0.848. The molecule has 1 atom stereocenters. The molecule has 1 unspecified atom stereocenters. The molecule has 0 bridgehead atoms. The van der Waals surface area contributed by atoms with Gasteiger partial charge in [-0.2, -0.15) is 0 Å².